The molecule has 2 aromatic carbocycles. The number of carbonyl (C=O) groups excluding carboxylic acids is 2. The fraction of sp³-hybridized carbons (Fsp3) is 0. The molecule has 2 heterocycles. The second-order valence-electron chi connectivity index (χ2n) is 5.57. The van der Waals surface area contributed by atoms with Crippen LogP contribution in [-0.4, -0.2) is 11.8 Å². The van der Waals surface area contributed by atoms with Gasteiger partial charge in [0.2, 0.25) is 0 Å². The van der Waals surface area contributed by atoms with Crippen molar-refractivity contribution in [3.05, 3.63) is 80.0 Å². The van der Waals surface area contributed by atoms with E-state index in [1.807, 2.05) is 0 Å². The van der Waals surface area contributed by atoms with Gasteiger partial charge in [0, 0.05) is 10.0 Å². The van der Waals surface area contributed by atoms with Gasteiger partial charge in [-0.05, 0) is 48.5 Å². The lowest BCUT2D eigenvalue weighted by atomic mass is 10.2. The third-order valence-corrected chi connectivity index (χ3v) is 5.28. The standard InChI is InChI=1S/C18H8Cl4N2O2/c19-9-1-5-11(6-2-9)23-15(21)13-14(17(23)25)16(22)24(18(13)26)12-7-3-10(20)4-8-12/h1-8H. The van der Waals surface area contributed by atoms with Crippen LogP contribution < -0.4 is 9.80 Å². The van der Waals surface area contributed by atoms with Crippen molar-refractivity contribution in [3.8, 4) is 0 Å². The molecule has 4 rings (SSSR count). The molecule has 0 bridgehead atoms. The Labute approximate surface area is 168 Å². The summed E-state index contributed by atoms with van der Waals surface area (Å²) in [6.07, 6.45) is 0. The molecule has 0 fully saturated rings. The molecule has 0 unspecified atom stereocenters. The van der Waals surface area contributed by atoms with Gasteiger partial charge in [-0.15, -0.1) is 0 Å². The van der Waals surface area contributed by atoms with E-state index in [-0.39, 0.29) is 21.5 Å². The molecule has 0 saturated carbocycles. The summed E-state index contributed by atoms with van der Waals surface area (Å²) in [5.41, 5.74) is 1.14. The first-order valence-corrected chi connectivity index (χ1v) is 8.91. The quantitative estimate of drug-likeness (QED) is 0.613. The van der Waals surface area contributed by atoms with Gasteiger partial charge in [-0.25, -0.2) is 0 Å². The fourth-order valence-electron chi connectivity index (χ4n) is 2.86. The van der Waals surface area contributed by atoms with Gasteiger partial charge in [-0.3, -0.25) is 19.4 Å². The minimum absolute atomic E-state index is 0.00642. The average Bonchev–Trinajstić information content (AvgIpc) is 3.03. The van der Waals surface area contributed by atoms with E-state index in [0.29, 0.717) is 21.4 Å². The molecule has 2 amide bonds. The minimum atomic E-state index is -0.470. The summed E-state index contributed by atoms with van der Waals surface area (Å²) in [5.74, 6) is -0.940. The lowest BCUT2D eigenvalue weighted by Crippen LogP contribution is -2.28. The van der Waals surface area contributed by atoms with Gasteiger partial charge in [0.15, 0.2) is 0 Å². The number of halogens is 4. The van der Waals surface area contributed by atoms with Crippen LogP contribution in [0.4, 0.5) is 11.4 Å². The number of anilines is 2. The van der Waals surface area contributed by atoms with E-state index >= 15 is 0 Å². The fourth-order valence-corrected chi connectivity index (χ4v) is 3.82. The Morgan fingerprint density at radius 1 is 0.538 bits per heavy atom. The molecule has 26 heavy (non-hydrogen) atoms. The number of hydrogen-bond donors (Lipinski definition) is 0. The van der Waals surface area contributed by atoms with Crippen molar-refractivity contribution < 1.29 is 9.59 Å². The van der Waals surface area contributed by atoms with E-state index in [1.165, 1.54) is 9.80 Å². The van der Waals surface area contributed by atoms with E-state index in [2.05, 4.69) is 0 Å². The Morgan fingerprint density at radius 2 is 0.846 bits per heavy atom. The summed E-state index contributed by atoms with van der Waals surface area (Å²) >= 11 is 24.5. The Hall–Kier alpha value is -1.98. The minimum Gasteiger partial charge on any atom is -0.268 e. The molecule has 2 aliphatic rings. The maximum atomic E-state index is 12.9. The maximum absolute atomic E-state index is 12.9. The van der Waals surface area contributed by atoms with Crippen LogP contribution in [0, 0.1) is 0 Å². The molecule has 0 atom stereocenters. The third-order valence-electron chi connectivity index (χ3n) is 4.06. The van der Waals surface area contributed by atoms with Gasteiger partial charge < -0.3 is 0 Å². The largest absolute Gasteiger partial charge is 0.268 e. The average molecular weight is 426 g/mol. The number of rotatable bonds is 2. The van der Waals surface area contributed by atoms with Crippen molar-refractivity contribution in [1.82, 2.24) is 0 Å². The van der Waals surface area contributed by atoms with Crippen LogP contribution in [0.25, 0.3) is 0 Å². The molecule has 0 saturated heterocycles. The summed E-state index contributed by atoms with van der Waals surface area (Å²) in [7, 11) is 0. The van der Waals surface area contributed by atoms with Crippen LogP contribution >= 0.6 is 46.4 Å². The van der Waals surface area contributed by atoms with Gasteiger partial charge in [-0.2, -0.15) is 0 Å². The molecular weight excluding hydrogens is 418 g/mol. The first-order chi connectivity index (χ1) is 12.4. The van der Waals surface area contributed by atoms with E-state index in [1.54, 1.807) is 48.5 Å². The molecule has 0 aliphatic carbocycles. The van der Waals surface area contributed by atoms with Crippen molar-refractivity contribution >= 4 is 69.6 Å². The highest BCUT2D eigenvalue weighted by atomic mass is 35.5. The zero-order valence-electron chi connectivity index (χ0n) is 12.8. The van der Waals surface area contributed by atoms with Gasteiger partial charge >= 0.3 is 0 Å². The van der Waals surface area contributed by atoms with Crippen LogP contribution in [0.3, 0.4) is 0 Å². The van der Waals surface area contributed by atoms with Gasteiger partial charge in [0.1, 0.15) is 10.3 Å². The van der Waals surface area contributed by atoms with Crippen LogP contribution in [0.15, 0.2) is 70.0 Å². The second-order valence-corrected chi connectivity index (χ2v) is 7.15. The van der Waals surface area contributed by atoms with Crippen LogP contribution in [0.2, 0.25) is 10.0 Å². The number of carbonyl (C=O) groups is 2. The van der Waals surface area contributed by atoms with E-state index in [0.717, 1.165) is 0 Å². The predicted molar refractivity (Wildman–Crippen MR) is 104 cm³/mol. The third kappa shape index (κ3) is 2.53. The highest BCUT2D eigenvalue weighted by molar-refractivity contribution is 6.49. The van der Waals surface area contributed by atoms with Crippen molar-refractivity contribution in [3.63, 3.8) is 0 Å². The van der Waals surface area contributed by atoms with E-state index in [9.17, 15) is 9.59 Å². The lowest BCUT2D eigenvalue weighted by molar-refractivity contribution is -0.115. The smallest absolute Gasteiger partial charge is 0.267 e. The Morgan fingerprint density at radius 3 is 1.15 bits per heavy atom. The number of amides is 2. The summed E-state index contributed by atoms with van der Waals surface area (Å²) < 4.78 is 0. The number of hydrogen-bond acceptors (Lipinski definition) is 2. The van der Waals surface area contributed by atoms with Crippen LogP contribution in [0.5, 0.6) is 0 Å². The van der Waals surface area contributed by atoms with Gasteiger partial charge in [0.25, 0.3) is 11.8 Å². The number of nitrogens with zero attached hydrogens (tertiary/aromatic N) is 2. The van der Waals surface area contributed by atoms with Crippen molar-refractivity contribution in [2.75, 3.05) is 9.80 Å². The highest BCUT2D eigenvalue weighted by Crippen LogP contribution is 2.45. The molecule has 0 N–H and O–H groups in total. The number of benzene rings is 2. The SMILES string of the molecule is O=C1C2=C(Cl)N(c3ccc(Cl)cc3)C(=O)C2=C(Cl)N1c1ccc(Cl)cc1. The second kappa shape index (κ2) is 6.32. The molecule has 2 aliphatic heterocycles. The van der Waals surface area contributed by atoms with Gasteiger partial charge in [-0.1, -0.05) is 46.4 Å². The van der Waals surface area contributed by atoms with Crippen molar-refractivity contribution in [2.45, 2.75) is 0 Å². The van der Waals surface area contributed by atoms with Crippen LogP contribution in [0.1, 0.15) is 0 Å². The molecule has 0 aromatic heterocycles. The lowest BCUT2D eigenvalue weighted by Gasteiger charge is -2.20. The molecular formula is C18H8Cl4N2O2. The molecule has 8 heteroatoms. The van der Waals surface area contributed by atoms with Crippen molar-refractivity contribution in [1.29, 1.82) is 0 Å². The van der Waals surface area contributed by atoms with E-state index < -0.39 is 11.8 Å². The Kier molecular flexibility index (Phi) is 4.24. The Balaban J connectivity index is 1.80. The zero-order chi connectivity index (χ0) is 18.6. The monoisotopic (exact) mass is 424 g/mol. The first kappa shape index (κ1) is 17.4. The summed E-state index contributed by atoms with van der Waals surface area (Å²) in [5, 5.41) is 1.05. The van der Waals surface area contributed by atoms with Crippen LogP contribution in [-0.2, 0) is 9.59 Å². The molecule has 2 aromatic rings. The zero-order valence-corrected chi connectivity index (χ0v) is 15.9. The summed E-state index contributed by atoms with van der Waals surface area (Å²) in [6.45, 7) is 0. The first-order valence-electron chi connectivity index (χ1n) is 7.40. The summed E-state index contributed by atoms with van der Waals surface area (Å²) in [4.78, 5) is 28.3. The van der Waals surface area contributed by atoms with E-state index in [4.69, 9.17) is 46.4 Å². The molecule has 130 valence electrons. The van der Waals surface area contributed by atoms with Gasteiger partial charge in [0.05, 0.1) is 22.5 Å². The molecule has 4 nitrogen and oxygen atoms in total. The number of fused-ring (bicyclic) bond motifs is 1. The predicted octanol–water partition coefficient (Wildman–Crippen LogP) is 5.29. The molecule has 0 radical (unpaired) electrons. The molecule has 0 spiro atoms. The maximum Gasteiger partial charge on any atom is 0.267 e. The normalized spacial score (nSPS) is 16.9. The topological polar surface area (TPSA) is 40.6 Å². The summed E-state index contributed by atoms with van der Waals surface area (Å²) in [6, 6.07) is 13.1. The van der Waals surface area contributed by atoms with Crippen molar-refractivity contribution in [2.24, 2.45) is 0 Å². The Bertz CT molecular complexity index is 927. The highest BCUT2D eigenvalue weighted by Gasteiger charge is 2.48.